The van der Waals surface area contributed by atoms with Gasteiger partial charge in [-0.1, -0.05) is 72.8 Å². The minimum atomic E-state index is -0.187. The van der Waals surface area contributed by atoms with Crippen LogP contribution >= 0.6 is 0 Å². The average molecular weight is 569 g/mol. The molecule has 2 aliphatic carbocycles. The molecule has 0 bridgehead atoms. The number of phenols is 1. The van der Waals surface area contributed by atoms with Crippen LogP contribution in [0.1, 0.15) is 95.2 Å². The fourth-order valence-electron chi connectivity index (χ4n) is 5.37. The molecular weight excluding hydrogens is 524 g/mol. The summed E-state index contributed by atoms with van der Waals surface area (Å²) in [5.74, 6) is 0.302. The van der Waals surface area contributed by atoms with Crippen molar-refractivity contribution in [3.8, 4) is 11.4 Å². The molecule has 42 heavy (non-hydrogen) atoms. The van der Waals surface area contributed by atoms with Gasteiger partial charge in [-0.2, -0.15) is 15.0 Å². The van der Waals surface area contributed by atoms with E-state index in [0.717, 1.165) is 65.2 Å². The highest BCUT2D eigenvalue weighted by atomic mass is 16.3. The van der Waals surface area contributed by atoms with E-state index in [1.165, 1.54) is 0 Å². The van der Waals surface area contributed by atoms with Crippen LogP contribution in [-0.2, 0) is 24.7 Å². The van der Waals surface area contributed by atoms with Crippen molar-refractivity contribution in [3.05, 3.63) is 75.9 Å². The highest BCUT2D eigenvalue weighted by Crippen LogP contribution is 2.36. The van der Waals surface area contributed by atoms with Crippen LogP contribution in [0.15, 0.2) is 42.0 Å². The Kier molecular flexibility index (Phi) is 8.12. The quantitative estimate of drug-likeness (QED) is 0.317. The second-order valence-electron chi connectivity index (χ2n) is 13.6. The lowest BCUT2D eigenvalue weighted by Crippen LogP contribution is -2.15. The molecule has 8 nitrogen and oxygen atoms in total. The van der Waals surface area contributed by atoms with Gasteiger partial charge in [-0.15, -0.1) is 15.0 Å². The zero-order valence-corrected chi connectivity index (χ0v) is 26.0. The molecule has 2 aromatic heterocycles. The maximum atomic E-state index is 11.5. The van der Waals surface area contributed by atoms with Gasteiger partial charge in [0.15, 0.2) is 0 Å². The van der Waals surface area contributed by atoms with E-state index < -0.39 is 0 Å². The van der Waals surface area contributed by atoms with Gasteiger partial charge in [0.2, 0.25) is 0 Å². The number of rotatable bonds is 7. The van der Waals surface area contributed by atoms with Crippen molar-refractivity contribution in [1.82, 2.24) is 30.0 Å². The second-order valence-corrected chi connectivity index (χ2v) is 13.6. The van der Waals surface area contributed by atoms with Crippen LogP contribution in [0.3, 0.4) is 0 Å². The first-order valence-electron chi connectivity index (χ1n) is 15.0. The number of fused-ring (bicyclic) bond motifs is 2. The number of phenolic OH excluding ortho intramolecular Hbond substituents is 1. The molecule has 0 saturated heterocycles. The van der Waals surface area contributed by atoms with Gasteiger partial charge in [0.25, 0.3) is 0 Å². The number of aryl methyl sites for hydroxylation is 2. The van der Waals surface area contributed by atoms with Crippen LogP contribution in [0.4, 0.5) is 0 Å². The molecule has 8 heteroatoms. The molecular formula is C34H44N6O2. The van der Waals surface area contributed by atoms with E-state index in [1.54, 1.807) is 9.59 Å². The molecule has 2 aliphatic rings. The second kappa shape index (κ2) is 11.5. The summed E-state index contributed by atoms with van der Waals surface area (Å²) in [5.41, 5.74) is 7.63. The van der Waals surface area contributed by atoms with Gasteiger partial charge in [0, 0.05) is 0 Å². The summed E-state index contributed by atoms with van der Waals surface area (Å²) >= 11 is 0. The first kappa shape index (κ1) is 29.7. The van der Waals surface area contributed by atoms with Crippen molar-refractivity contribution in [3.63, 3.8) is 0 Å². The number of nitrogens with zero attached hydrogens (tertiary/aromatic N) is 6. The van der Waals surface area contributed by atoms with Gasteiger partial charge in [-0.25, -0.2) is 0 Å². The number of aromatic nitrogens is 6. The summed E-state index contributed by atoms with van der Waals surface area (Å²) in [7, 11) is 0. The van der Waals surface area contributed by atoms with E-state index in [0.29, 0.717) is 17.8 Å². The Labute approximate surface area is 249 Å². The number of aliphatic hydroxyl groups excluding tert-OH is 1. The Hall–Kier alpha value is -3.78. The first-order valence-corrected chi connectivity index (χ1v) is 15.0. The summed E-state index contributed by atoms with van der Waals surface area (Å²) < 4.78 is 0. The third-order valence-electron chi connectivity index (χ3n) is 7.94. The van der Waals surface area contributed by atoms with Crippen LogP contribution < -0.4 is 0 Å². The van der Waals surface area contributed by atoms with Crippen molar-refractivity contribution < 1.29 is 10.2 Å². The molecule has 3 aromatic rings. The molecule has 0 aliphatic heterocycles. The van der Waals surface area contributed by atoms with E-state index in [1.807, 2.05) is 24.3 Å². The molecule has 0 amide bonds. The van der Waals surface area contributed by atoms with Gasteiger partial charge in [0.1, 0.15) is 22.8 Å². The minimum absolute atomic E-state index is 0.0906. The highest BCUT2D eigenvalue weighted by Gasteiger charge is 2.24. The zero-order valence-electron chi connectivity index (χ0n) is 26.0. The zero-order chi connectivity index (χ0) is 30.2. The predicted molar refractivity (Wildman–Crippen MR) is 168 cm³/mol. The fraction of sp³-hybridized carbons (Fsp3) is 0.471. The van der Waals surface area contributed by atoms with Crippen molar-refractivity contribution in [1.29, 1.82) is 0 Å². The lowest BCUT2D eigenvalue weighted by molar-refractivity contribution is 0.339. The highest BCUT2D eigenvalue weighted by molar-refractivity contribution is 5.57. The van der Waals surface area contributed by atoms with Gasteiger partial charge in [0.05, 0.1) is 23.7 Å². The number of hydrogen-bond acceptors (Lipinski definition) is 6. The Morgan fingerprint density at radius 2 is 1.57 bits per heavy atom. The van der Waals surface area contributed by atoms with Crippen molar-refractivity contribution >= 4 is 17.8 Å². The Balaban J connectivity index is 1.50. The molecule has 2 heterocycles. The van der Waals surface area contributed by atoms with E-state index in [9.17, 15) is 10.2 Å². The largest absolute Gasteiger partial charge is 0.505 e. The van der Waals surface area contributed by atoms with Crippen LogP contribution in [0, 0.1) is 11.3 Å². The van der Waals surface area contributed by atoms with E-state index in [-0.39, 0.29) is 29.1 Å². The third kappa shape index (κ3) is 6.33. The molecule has 0 fully saturated rings. The van der Waals surface area contributed by atoms with Crippen LogP contribution in [0.2, 0.25) is 0 Å². The molecule has 222 valence electrons. The Morgan fingerprint density at radius 3 is 2.14 bits per heavy atom. The summed E-state index contributed by atoms with van der Waals surface area (Å²) in [6.07, 6.45) is 16.7. The van der Waals surface area contributed by atoms with Gasteiger partial charge < -0.3 is 10.2 Å². The Bertz CT molecular complexity index is 1590. The van der Waals surface area contributed by atoms with E-state index in [2.05, 4.69) is 83.0 Å². The van der Waals surface area contributed by atoms with Crippen molar-refractivity contribution in [2.75, 3.05) is 6.61 Å². The third-order valence-corrected chi connectivity index (χ3v) is 7.94. The molecule has 0 spiro atoms. The molecule has 2 N–H and O–H groups in total. The first-order chi connectivity index (χ1) is 19.8. The summed E-state index contributed by atoms with van der Waals surface area (Å²) in [6.45, 7) is 15.0. The smallest absolute Gasteiger partial charge is 0.146 e. The number of benzene rings is 1. The molecule has 0 radical (unpaired) electrons. The number of hydrogen-bond donors (Lipinski definition) is 2. The fourth-order valence-corrected chi connectivity index (χ4v) is 5.37. The maximum absolute atomic E-state index is 11.5. The number of allylic oxidation sites excluding steroid dienone is 5. The van der Waals surface area contributed by atoms with Gasteiger partial charge >= 0.3 is 0 Å². The average Bonchev–Trinajstić information content (AvgIpc) is 3.55. The van der Waals surface area contributed by atoms with E-state index in [4.69, 9.17) is 10.2 Å². The summed E-state index contributed by atoms with van der Waals surface area (Å²) in [6, 6.07) is 4.13. The SMILES string of the molecule is CC(/C=C(\C=C(/CO)n1nc2c(n1)CCC=C2)C(C)(C)C)Cc1cc(C(C)(C)C)cc(-n2nc3c(n2)CCC=C3)c1O. The molecule has 0 saturated carbocycles. The Morgan fingerprint density at radius 1 is 0.929 bits per heavy atom. The van der Waals surface area contributed by atoms with Gasteiger partial charge in [-0.3, -0.25) is 0 Å². The standard InChI is InChI=1S/C34H44N6O2/c1-22(17-24(33(2,3)4)19-26(21-41)39-35-27-12-8-9-13-28(27)36-39)16-23-18-25(34(5,6)7)20-31(32(23)42)40-37-29-14-10-11-15-30(29)38-40/h8,10,12,14,17-20,22,41-42H,9,11,13,15-16,21H2,1-7H3/b24-17+,26-19+. The lowest BCUT2D eigenvalue weighted by Gasteiger charge is -2.24. The lowest BCUT2D eigenvalue weighted by atomic mass is 9.82. The van der Waals surface area contributed by atoms with Gasteiger partial charge in [-0.05, 0) is 89.8 Å². The maximum Gasteiger partial charge on any atom is 0.146 e. The topological polar surface area (TPSA) is 102 Å². The van der Waals surface area contributed by atoms with Crippen LogP contribution in [0.5, 0.6) is 5.75 Å². The number of aromatic hydroxyl groups is 1. The van der Waals surface area contributed by atoms with Crippen molar-refractivity contribution in [2.24, 2.45) is 11.3 Å². The molecule has 1 unspecified atom stereocenters. The van der Waals surface area contributed by atoms with Crippen LogP contribution in [0.25, 0.3) is 23.5 Å². The predicted octanol–water partition coefficient (Wildman–Crippen LogP) is 6.47. The normalized spacial score (nSPS) is 16.5. The van der Waals surface area contributed by atoms with E-state index >= 15 is 0 Å². The summed E-state index contributed by atoms with van der Waals surface area (Å²) in [5, 5.41) is 40.6. The van der Waals surface area contributed by atoms with Crippen LogP contribution in [-0.4, -0.2) is 46.8 Å². The summed E-state index contributed by atoms with van der Waals surface area (Å²) in [4.78, 5) is 3.17. The molecule has 1 atom stereocenters. The molecule has 1 aromatic carbocycles. The minimum Gasteiger partial charge on any atom is -0.505 e. The molecule has 5 rings (SSSR count). The van der Waals surface area contributed by atoms with Crippen molar-refractivity contribution in [2.45, 2.75) is 86.0 Å². The monoisotopic (exact) mass is 568 g/mol. The number of aliphatic hydroxyl groups is 1.